The molecule has 0 fully saturated rings. The smallest absolute Gasteiger partial charge is 0.193 e. The molecule has 0 aliphatic rings. The standard InChI is InChI=1S/C12H13N3OS/c1-13-10(11-3-2-5-16-11)7-9-8-15-4-6-17-12(15)14-9/h2-6,8,10,13H,7H2,1H3. The molecule has 1 unspecified atom stereocenters. The van der Waals surface area contributed by atoms with E-state index in [2.05, 4.69) is 20.9 Å². The van der Waals surface area contributed by atoms with Crippen LogP contribution in [0.1, 0.15) is 17.5 Å². The summed E-state index contributed by atoms with van der Waals surface area (Å²) in [7, 11) is 1.94. The summed E-state index contributed by atoms with van der Waals surface area (Å²) in [5, 5.41) is 5.29. The fourth-order valence-corrected chi connectivity index (χ4v) is 2.64. The van der Waals surface area contributed by atoms with Crippen molar-refractivity contribution >= 4 is 16.3 Å². The molecule has 0 aromatic carbocycles. The van der Waals surface area contributed by atoms with Crippen molar-refractivity contribution in [1.29, 1.82) is 0 Å². The maximum atomic E-state index is 5.42. The van der Waals surface area contributed by atoms with Crippen LogP contribution in [0.5, 0.6) is 0 Å². The molecule has 3 aromatic rings. The van der Waals surface area contributed by atoms with E-state index in [4.69, 9.17) is 4.42 Å². The molecule has 0 amide bonds. The van der Waals surface area contributed by atoms with Gasteiger partial charge in [-0.05, 0) is 19.2 Å². The molecular formula is C12H13N3OS. The molecule has 1 N–H and O–H groups in total. The van der Waals surface area contributed by atoms with Crippen LogP contribution in [0.3, 0.4) is 0 Å². The summed E-state index contributed by atoms with van der Waals surface area (Å²) in [6.45, 7) is 0. The summed E-state index contributed by atoms with van der Waals surface area (Å²) < 4.78 is 7.47. The molecule has 17 heavy (non-hydrogen) atoms. The molecule has 5 heteroatoms. The molecule has 0 bridgehead atoms. The third kappa shape index (κ3) is 1.99. The van der Waals surface area contributed by atoms with E-state index in [0.717, 1.165) is 22.8 Å². The predicted octanol–water partition coefficient (Wildman–Crippen LogP) is 2.49. The second kappa shape index (κ2) is 4.35. The Morgan fingerprint density at radius 2 is 2.53 bits per heavy atom. The largest absolute Gasteiger partial charge is 0.468 e. The fourth-order valence-electron chi connectivity index (χ4n) is 1.92. The molecule has 0 aliphatic heterocycles. The van der Waals surface area contributed by atoms with Gasteiger partial charge in [0.15, 0.2) is 4.96 Å². The number of hydrogen-bond acceptors (Lipinski definition) is 4. The number of furan rings is 1. The highest BCUT2D eigenvalue weighted by Gasteiger charge is 2.14. The maximum Gasteiger partial charge on any atom is 0.193 e. The van der Waals surface area contributed by atoms with E-state index in [0.29, 0.717) is 0 Å². The van der Waals surface area contributed by atoms with Crippen molar-refractivity contribution in [3.63, 3.8) is 0 Å². The van der Waals surface area contributed by atoms with Gasteiger partial charge in [-0.2, -0.15) is 0 Å². The molecule has 88 valence electrons. The summed E-state index contributed by atoms with van der Waals surface area (Å²) in [6.07, 6.45) is 6.63. The van der Waals surface area contributed by atoms with Crippen LogP contribution in [-0.4, -0.2) is 16.4 Å². The number of fused-ring (bicyclic) bond motifs is 1. The summed E-state index contributed by atoms with van der Waals surface area (Å²) in [5.41, 5.74) is 1.08. The van der Waals surface area contributed by atoms with Crippen molar-refractivity contribution in [1.82, 2.24) is 14.7 Å². The lowest BCUT2D eigenvalue weighted by Crippen LogP contribution is -2.18. The Labute approximate surface area is 103 Å². The number of rotatable bonds is 4. The third-order valence-corrected chi connectivity index (χ3v) is 3.56. The number of aromatic nitrogens is 2. The lowest BCUT2D eigenvalue weighted by atomic mass is 10.1. The minimum atomic E-state index is 0.176. The van der Waals surface area contributed by atoms with Gasteiger partial charge in [-0.3, -0.25) is 4.40 Å². The summed E-state index contributed by atoms with van der Waals surface area (Å²) in [6, 6.07) is 4.07. The third-order valence-electron chi connectivity index (χ3n) is 2.79. The Hall–Kier alpha value is -1.59. The first-order chi connectivity index (χ1) is 8.36. The molecule has 0 saturated carbocycles. The van der Waals surface area contributed by atoms with E-state index in [1.165, 1.54) is 0 Å². The van der Waals surface area contributed by atoms with Gasteiger partial charge >= 0.3 is 0 Å². The Morgan fingerprint density at radius 1 is 1.59 bits per heavy atom. The van der Waals surface area contributed by atoms with Crippen molar-refractivity contribution in [2.75, 3.05) is 7.05 Å². The molecule has 0 spiro atoms. The van der Waals surface area contributed by atoms with E-state index in [1.807, 2.05) is 30.8 Å². The van der Waals surface area contributed by atoms with Crippen molar-refractivity contribution < 1.29 is 4.42 Å². The Bertz CT molecular complexity index is 568. The van der Waals surface area contributed by atoms with Crippen LogP contribution in [0.4, 0.5) is 0 Å². The predicted molar refractivity (Wildman–Crippen MR) is 67.3 cm³/mol. The highest BCUT2D eigenvalue weighted by molar-refractivity contribution is 7.15. The molecule has 3 rings (SSSR count). The van der Waals surface area contributed by atoms with Crippen LogP contribution in [0, 0.1) is 0 Å². The fraction of sp³-hybridized carbons (Fsp3) is 0.250. The van der Waals surface area contributed by atoms with E-state index >= 15 is 0 Å². The van der Waals surface area contributed by atoms with Crippen LogP contribution < -0.4 is 5.32 Å². The molecule has 3 aromatic heterocycles. The van der Waals surface area contributed by atoms with Gasteiger partial charge in [-0.1, -0.05) is 0 Å². The minimum Gasteiger partial charge on any atom is -0.468 e. The number of imidazole rings is 1. The molecule has 3 heterocycles. The van der Waals surface area contributed by atoms with Crippen LogP contribution >= 0.6 is 11.3 Å². The quantitative estimate of drug-likeness (QED) is 0.770. The summed E-state index contributed by atoms with van der Waals surface area (Å²) in [4.78, 5) is 5.61. The Kier molecular flexibility index (Phi) is 2.70. The number of hydrogen-bond donors (Lipinski definition) is 1. The van der Waals surface area contributed by atoms with Gasteiger partial charge < -0.3 is 9.73 Å². The van der Waals surface area contributed by atoms with Gasteiger partial charge in [0.2, 0.25) is 0 Å². The first kappa shape index (κ1) is 10.6. The number of nitrogens with one attached hydrogen (secondary N) is 1. The average Bonchev–Trinajstić information content (AvgIpc) is 3.01. The number of likely N-dealkylation sites (N-methyl/N-ethyl adjacent to an activating group) is 1. The van der Waals surface area contributed by atoms with Gasteiger partial charge in [-0.15, -0.1) is 11.3 Å². The average molecular weight is 247 g/mol. The Balaban J connectivity index is 1.83. The minimum absolute atomic E-state index is 0.176. The van der Waals surface area contributed by atoms with Gasteiger partial charge in [0.1, 0.15) is 5.76 Å². The normalized spacial score (nSPS) is 13.2. The SMILES string of the molecule is CNC(Cc1cn2ccsc2n1)c1ccco1. The maximum absolute atomic E-state index is 5.42. The second-order valence-electron chi connectivity index (χ2n) is 3.89. The Morgan fingerprint density at radius 3 is 3.24 bits per heavy atom. The molecule has 1 atom stereocenters. The van der Waals surface area contributed by atoms with E-state index < -0.39 is 0 Å². The topological polar surface area (TPSA) is 42.5 Å². The first-order valence-corrected chi connectivity index (χ1v) is 6.36. The number of thiazole rings is 1. The first-order valence-electron chi connectivity index (χ1n) is 5.48. The zero-order valence-electron chi connectivity index (χ0n) is 9.46. The van der Waals surface area contributed by atoms with Crippen LogP contribution in [0.2, 0.25) is 0 Å². The van der Waals surface area contributed by atoms with Crippen molar-refractivity contribution in [2.24, 2.45) is 0 Å². The lowest BCUT2D eigenvalue weighted by molar-refractivity contribution is 0.428. The molecule has 4 nitrogen and oxygen atoms in total. The molecular weight excluding hydrogens is 234 g/mol. The van der Waals surface area contributed by atoms with Crippen molar-refractivity contribution in [3.8, 4) is 0 Å². The second-order valence-corrected chi connectivity index (χ2v) is 4.76. The van der Waals surface area contributed by atoms with Crippen LogP contribution in [0.15, 0.2) is 40.6 Å². The van der Waals surface area contributed by atoms with Crippen molar-refractivity contribution in [3.05, 3.63) is 47.6 Å². The summed E-state index contributed by atoms with van der Waals surface area (Å²) >= 11 is 1.65. The lowest BCUT2D eigenvalue weighted by Gasteiger charge is -2.11. The number of nitrogens with zero attached hydrogens (tertiary/aromatic N) is 2. The van der Waals surface area contributed by atoms with Gasteiger partial charge in [0.05, 0.1) is 18.0 Å². The van der Waals surface area contributed by atoms with E-state index in [9.17, 15) is 0 Å². The van der Waals surface area contributed by atoms with E-state index in [1.54, 1.807) is 17.6 Å². The van der Waals surface area contributed by atoms with Gasteiger partial charge in [-0.25, -0.2) is 4.98 Å². The zero-order valence-corrected chi connectivity index (χ0v) is 10.3. The molecule has 0 aliphatic carbocycles. The zero-order chi connectivity index (χ0) is 11.7. The van der Waals surface area contributed by atoms with Crippen LogP contribution in [-0.2, 0) is 6.42 Å². The van der Waals surface area contributed by atoms with Gasteiger partial charge in [0, 0.05) is 24.2 Å². The molecule has 0 saturated heterocycles. The van der Waals surface area contributed by atoms with Crippen molar-refractivity contribution in [2.45, 2.75) is 12.5 Å². The monoisotopic (exact) mass is 247 g/mol. The molecule has 0 radical (unpaired) electrons. The van der Waals surface area contributed by atoms with Crippen LogP contribution in [0.25, 0.3) is 4.96 Å². The highest BCUT2D eigenvalue weighted by atomic mass is 32.1. The highest BCUT2D eigenvalue weighted by Crippen LogP contribution is 2.19. The van der Waals surface area contributed by atoms with E-state index in [-0.39, 0.29) is 6.04 Å². The summed E-state index contributed by atoms with van der Waals surface area (Å²) in [5.74, 6) is 0.948. The van der Waals surface area contributed by atoms with Gasteiger partial charge in [0.25, 0.3) is 0 Å².